The maximum absolute atomic E-state index is 4.83. The number of hydrogen-bond donors (Lipinski definition) is 3. The summed E-state index contributed by atoms with van der Waals surface area (Å²) in [6.45, 7) is 3.73. The summed E-state index contributed by atoms with van der Waals surface area (Å²) in [4.78, 5) is 0. The molecule has 0 fully saturated rings. The molecule has 0 amide bonds. The minimum Gasteiger partial charge on any atom is -0.365 e. The van der Waals surface area contributed by atoms with Crippen molar-refractivity contribution in [1.82, 2.24) is 10.7 Å². The Balaban J connectivity index is 0.000000167. The highest BCUT2D eigenvalue weighted by Gasteiger charge is 2.14. The van der Waals surface area contributed by atoms with Crippen LogP contribution in [0.5, 0.6) is 0 Å². The molecular weight excluding hydrogens is 206 g/mol. The van der Waals surface area contributed by atoms with E-state index in [0.717, 1.165) is 6.42 Å². The van der Waals surface area contributed by atoms with Crippen LogP contribution in [-0.4, -0.2) is 12.2 Å². The molecule has 3 nitrogen and oxygen atoms in total. The topological polar surface area (TPSA) is 50.1 Å². The summed E-state index contributed by atoms with van der Waals surface area (Å²) < 4.78 is 0. The van der Waals surface area contributed by atoms with Gasteiger partial charge in [0.1, 0.15) is 0 Å². The van der Waals surface area contributed by atoms with E-state index in [2.05, 4.69) is 47.8 Å². The van der Waals surface area contributed by atoms with Gasteiger partial charge in [-0.25, -0.2) is 5.84 Å². The Labute approximate surface area is 95.4 Å². The molecule has 0 spiro atoms. The molecule has 2 rings (SSSR count). The Kier molecular flexibility index (Phi) is 4.27. The largest absolute Gasteiger partial charge is 0.365 e. The van der Waals surface area contributed by atoms with Gasteiger partial charge in [-0.15, -0.1) is 0 Å². The lowest BCUT2D eigenvalue weighted by Crippen LogP contribution is -2.37. The SMILES string of the molecule is C=CC1=C2C=CC(=C1)C2.CNC(=S)NN. The molecule has 0 aromatic rings. The van der Waals surface area contributed by atoms with Gasteiger partial charge in [0.15, 0.2) is 5.11 Å². The summed E-state index contributed by atoms with van der Waals surface area (Å²) >= 11 is 4.51. The van der Waals surface area contributed by atoms with Gasteiger partial charge in [0.25, 0.3) is 0 Å². The van der Waals surface area contributed by atoms with Crippen LogP contribution in [0.4, 0.5) is 0 Å². The molecular formula is C11H15N3S. The second kappa shape index (κ2) is 5.48. The van der Waals surface area contributed by atoms with Gasteiger partial charge in [-0.1, -0.05) is 30.9 Å². The van der Waals surface area contributed by atoms with Crippen molar-refractivity contribution >= 4 is 17.3 Å². The molecule has 80 valence electrons. The first-order chi connectivity index (χ1) is 7.21. The molecule has 2 aliphatic carbocycles. The number of fused-ring (bicyclic) bond motifs is 2. The van der Waals surface area contributed by atoms with Crippen LogP contribution in [-0.2, 0) is 0 Å². The van der Waals surface area contributed by atoms with Crippen molar-refractivity contribution < 1.29 is 0 Å². The molecule has 0 heterocycles. The number of nitrogens with one attached hydrogen (secondary N) is 2. The Morgan fingerprint density at radius 2 is 2.33 bits per heavy atom. The molecule has 0 aromatic heterocycles. The van der Waals surface area contributed by atoms with Crippen LogP contribution < -0.4 is 16.6 Å². The molecule has 15 heavy (non-hydrogen) atoms. The van der Waals surface area contributed by atoms with Crippen molar-refractivity contribution in [3.63, 3.8) is 0 Å². The molecule has 0 aliphatic heterocycles. The summed E-state index contributed by atoms with van der Waals surface area (Å²) in [5.41, 5.74) is 6.41. The highest BCUT2D eigenvalue weighted by atomic mass is 32.1. The van der Waals surface area contributed by atoms with E-state index in [1.807, 2.05) is 6.08 Å². The van der Waals surface area contributed by atoms with Crippen LogP contribution in [0.3, 0.4) is 0 Å². The fourth-order valence-electron chi connectivity index (χ4n) is 1.40. The molecule has 0 saturated heterocycles. The van der Waals surface area contributed by atoms with Crippen LogP contribution >= 0.6 is 12.2 Å². The van der Waals surface area contributed by atoms with E-state index in [0.29, 0.717) is 5.11 Å². The van der Waals surface area contributed by atoms with Gasteiger partial charge in [-0.2, -0.15) is 0 Å². The van der Waals surface area contributed by atoms with Gasteiger partial charge < -0.3 is 10.7 Å². The van der Waals surface area contributed by atoms with Crippen LogP contribution in [0, 0.1) is 0 Å². The monoisotopic (exact) mass is 221 g/mol. The quantitative estimate of drug-likeness (QED) is 0.355. The lowest BCUT2D eigenvalue weighted by Gasteiger charge is -1.95. The van der Waals surface area contributed by atoms with Gasteiger partial charge in [0.2, 0.25) is 0 Å². The van der Waals surface area contributed by atoms with Gasteiger partial charge in [-0.3, -0.25) is 0 Å². The standard InChI is InChI=1S/C9H8.C2H7N3S/c1-2-8-5-7-3-4-9(8)6-7;1-4-2(6)5-3/h2-5H,1,6H2;3H2,1H3,(H2,4,5,6). The third-order valence-corrected chi connectivity index (χ3v) is 2.50. The first-order valence-electron chi connectivity index (χ1n) is 4.63. The fraction of sp³-hybridized carbons (Fsp3) is 0.182. The summed E-state index contributed by atoms with van der Waals surface area (Å²) in [6.07, 6.45) is 9.60. The number of thiocarbonyl (C=S) groups is 1. The Hall–Kier alpha value is -1.39. The lowest BCUT2D eigenvalue weighted by molar-refractivity contribution is 0.976. The number of nitrogens with two attached hydrogens (primary N) is 1. The molecule has 2 aliphatic rings. The highest BCUT2D eigenvalue weighted by molar-refractivity contribution is 7.80. The van der Waals surface area contributed by atoms with Crippen molar-refractivity contribution in [2.24, 2.45) is 5.84 Å². The zero-order valence-electron chi connectivity index (χ0n) is 8.71. The predicted molar refractivity (Wildman–Crippen MR) is 68.0 cm³/mol. The summed E-state index contributed by atoms with van der Waals surface area (Å²) in [7, 11) is 1.70. The van der Waals surface area contributed by atoms with Crippen molar-refractivity contribution in [2.45, 2.75) is 6.42 Å². The molecule has 4 heteroatoms. The lowest BCUT2D eigenvalue weighted by atomic mass is 10.1. The average Bonchev–Trinajstić information content (AvgIpc) is 2.90. The van der Waals surface area contributed by atoms with Crippen LogP contribution in [0.15, 0.2) is 47.6 Å². The van der Waals surface area contributed by atoms with Gasteiger partial charge in [0, 0.05) is 7.05 Å². The van der Waals surface area contributed by atoms with E-state index < -0.39 is 0 Å². The van der Waals surface area contributed by atoms with E-state index in [9.17, 15) is 0 Å². The maximum atomic E-state index is 4.83. The Morgan fingerprint density at radius 3 is 2.53 bits per heavy atom. The molecule has 0 unspecified atom stereocenters. The average molecular weight is 221 g/mol. The number of allylic oxidation sites excluding steroid dienone is 7. The van der Waals surface area contributed by atoms with Gasteiger partial charge in [0.05, 0.1) is 0 Å². The third-order valence-electron chi connectivity index (χ3n) is 2.18. The van der Waals surface area contributed by atoms with E-state index in [-0.39, 0.29) is 0 Å². The van der Waals surface area contributed by atoms with E-state index in [4.69, 9.17) is 5.84 Å². The van der Waals surface area contributed by atoms with Crippen molar-refractivity contribution in [1.29, 1.82) is 0 Å². The first kappa shape index (κ1) is 11.7. The second-order valence-corrected chi connectivity index (χ2v) is 3.55. The summed E-state index contributed by atoms with van der Waals surface area (Å²) in [5, 5.41) is 3.06. The first-order valence-corrected chi connectivity index (χ1v) is 5.04. The highest BCUT2D eigenvalue weighted by Crippen LogP contribution is 2.33. The minimum absolute atomic E-state index is 0.454. The smallest absolute Gasteiger partial charge is 0.180 e. The van der Waals surface area contributed by atoms with Crippen LogP contribution in [0.25, 0.3) is 0 Å². The Morgan fingerprint density at radius 1 is 1.60 bits per heavy atom. The van der Waals surface area contributed by atoms with Crippen LogP contribution in [0.2, 0.25) is 0 Å². The number of hydrazine groups is 1. The van der Waals surface area contributed by atoms with E-state index in [1.54, 1.807) is 7.05 Å². The zero-order valence-corrected chi connectivity index (χ0v) is 9.53. The Bertz CT molecular complexity index is 358. The van der Waals surface area contributed by atoms with Crippen molar-refractivity contribution in [3.8, 4) is 0 Å². The molecule has 0 saturated carbocycles. The normalized spacial score (nSPS) is 15.5. The van der Waals surface area contributed by atoms with Gasteiger partial charge >= 0.3 is 0 Å². The fourth-order valence-corrected chi connectivity index (χ4v) is 1.40. The van der Waals surface area contributed by atoms with E-state index in [1.165, 1.54) is 16.7 Å². The molecule has 2 bridgehead atoms. The second-order valence-electron chi connectivity index (χ2n) is 3.14. The molecule has 0 aromatic carbocycles. The summed E-state index contributed by atoms with van der Waals surface area (Å²) in [6, 6.07) is 0. The number of hydrogen-bond acceptors (Lipinski definition) is 2. The molecule has 4 N–H and O–H groups in total. The maximum Gasteiger partial charge on any atom is 0.180 e. The third kappa shape index (κ3) is 3.04. The number of rotatable bonds is 1. The van der Waals surface area contributed by atoms with Gasteiger partial charge in [-0.05, 0) is 35.4 Å². The summed E-state index contributed by atoms with van der Waals surface area (Å²) in [5.74, 6) is 4.83. The molecule has 0 atom stereocenters. The van der Waals surface area contributed by atoms with Crippen molar-refractivity contribution in [2.75, 3.05) is 7.05 Å². The zero-order chi connectivity index (χ0) is 11.3. The molecule has 0 radical (unpaired) electrons. The predicted octanol–water partition coefficient (Wildman–Crippen LogP) is 1.32. The van der Waals surface area contributed by atoms with Crippen LogP contribution in [0.1, 0.15) is 6.42 Å². The van der Waals surface area contributed by atoms with E-state index >= 15 is 0 Å². The minimum atomic E-state index is 0.454. The van der Waals surface area contributed by atoms with Crippen molar-refractivity contribution in [3.05, 3.63) is 47.6 Å².